The van der Waals surface area contributed by atoms with E-state index in [0.29, 0.717) is 30.8 Å². The summed E-state index contributed by atoms with van der Waals surface area (Å²) in [6, 6.07) is 0. The van der Waals surface area contributed by atoms with Crippen molar-refractivity contribution in [2.24, 2.45) is 0 Å². The lowest BCUT2D eigenvalue weighted by molar-refractivity contribution is -0.138. The van der Waals surface area contributed by atoms with Crippen LogP contribution in [0.1, 0.15) is 59.6 Å². The first kappa shape index (κ1) is 22.7. The van der Waals surface area contributed by atoms with Crippen molar-refractivity contribution in [2.75, 3.05) is 18.4 Å². The third kappa shape index (κ3) is 4.81. The number of rotatable bonds is 4. The standard InChI is InChI=1S/C18H17F3N6O2S3/c1-8-12(31-9(2)22-8)15(29)27-5-3-10(4-6-27)14-23-11(7-30-14)13(28)24-17-26-25-16(32-17)18(19,20)21/h7,10H,3-6H2,1-2H3,(H,24,26,28). The van der Waals surface area contributed by atoms with E-state index in [9.17, 15) is 22.8 Å². The van der Waals surface area contributed by atoms with Crippen molar-refractivity contribution in [1.82, 2.24) is 25.1 Å². The first-order valence-corrected chi connectivity index (χ1v) is 12.0. The Bertz CT molecular complexity index is 1150. The van der Waals surface area contributed by atoms with Crippen LogP contribution in [0.2, 0.25) is 0 Å². The summed E-state index contributed by atoms with van der Waals surface area (Å²) in [7, 11) is 0. The van der Waals surface area contributed by atoms with Crippen molar-refractivity contribution in [2.45, 2.75) is 38.8 Å². The van der Waals surface area contributed by atoms with E-state index in [4.69, 9.17) is 0 Å². The third-order valence-corrected chi connectivity index (χ3v) is 7.82. The molecule has 0 spiro atoms. The zero-order valence-corrected chi connectivity index (χ0v) is 19.3. The highest BCUT2D eigenvalue weighted by molar-refractivity contribution is 7.15. The number of hydrogen-bond donors (Lipinski definition) is 1. The number of nitrogens with one attached hydrogen (secondary N) is 1. The summed E-state index contributed by atoms with van der Waals surface area (Å²) in [5.41, 5.74) is 0.857. The maximum absolute atomic E-state index is 12.8. The number of anilines is 1. The molecule has 4 heterocycles. The highest BCUT2D eigenvalue weighted by atomic mass is 32.1. The first-order valence-electron chi connectivity index (χ1n) is 9.52. The van der Waals surface area contributed by atoms with Crippen molar-refractivity contribution >= 4 is 51.0 Å². The van der Waals surface area contributed by atoms with E-state index in [1.165, 1.54) is 22.7 Å². The summed E-state index contributed by atoms with van der Waals surface area (Å²) in [6.45, 7) is 4.85. The fraction of sp³-hybridized carbons (Fsp3) is 0.444. The van der Waals surface area contributed by atoms with Gasteiger partial charge in [0.15, 0.2) is 0 Å². The van der Waals surface area contributed by atoms with Gasteiger partial charge in [0.2, 0.25) is 10.1 Å². The minimum absolute atomic E-state index is 0.0129. The first-order chi connectivity index (χ1) is 15.1. The number of aryl methyl sites for hydroxylation is 2. The van der Waals surface area contributed by atoms with Crippen LogP contribution in [0, 0.1) is 13.8 Å². The lowest BCUT2D eigenvalue weighted by Gasteiger charge is -2.30. The number of nitrogens with zero attached hydrogens (tertiary/aromatic N) is 5. The zero-order chi connectivity index (χ0) is 23.0. The van der Waals surface area contributed by atoms with Crippen molar-refractivity contribution in [3.8, 4) is 0 Å². The highest BCUT2D eigenvalue weighted by Crippen LogP contribution is 2.34. The molecule has 0 radical (unpaired) electrons. The molecule has 1 fully saturated rings. The third-order valence-electron chi connectivity index (χ3n) is 4.87. The fourth-order valence-electron chi connectivity index (χ4n) is 3.33. The van der Waals surface area contributed by atoms with Crippen LogP contribution in [0.4, 0.5) is 18.3 Å². The predicted octanol–water partition coefficient (Wildman–Crippen LogP) is 4.36. The lowest BCUT2D eigenvalue weighted by Crippen LogP contribution is -2.37. The smallest absolute Gasteiger partial charge is 0.338 e. The Labute approximate surface area is 192 Å². The van der Waals surface area contributed by atoms with Crippen LogP contribution in [0.25, 0.3) is 0 Å². The second-order valence-electron chi connectivity index (χ2n) is 7.15. The molecule has 1 aliphatic rings. The molecule has 0 unspecified atom stereocenters. The second-order valence-corrected chi connectivity index (χ2v) is 10.2. The Morgan fingerprint density at radius 1 is 1.12 bits per heavy atom. The molecule has 3 aromatic rings. The van der Waals surface area contributed by atoms with E-state index in [1.54, 1.807) is 5.38 Å². The van der Waals surface area contributed by atoms with Gasteiger partial charge in [-0.15, -0.1) is 32.9 Å². The number of carbonyl (C=O) groups is 2. The van der Waals surface area contributed by atoms with E-state index in [0.717, 1.165) is 15.7 Å². The number of halogens is 3. The summed E-state index contributed by atoms with van der Waals surface area (Å²) in [5, 5.41) is 10.5. The van der Waals surface area contributed by atoms with Crippen LogP contribution in [-0.2, 0) is 6.18 Å². The van der Waals surface area contributed by atoms with Crippen LogP contribution < -0.4 is 5.32 Å². The lowest BCUT2D eigenvalue weighted by atomic mass is 9.97. The van der Waals surface area contributed by atoms with Crippen LogP contribution in [0.3, 0.4) is 0 Å². The maximum Gasteiger partial charge on any atom is 0.445 e. The summed E-state index contributed by atoms with van der Waals surface area (Å²) in [6.07, 6.45) is -3.19. The maximum atomic E-state index is 12.8. The molecular weight excluding hydrogens is 485 g/mol. The number of carbonyl (C=O) groups excluding carboxylic acids is 2. The van der Waals surface area contributed by atoms with Gasteiger partial charge in [-0.25, -0.2) is 9.97 Å². The Morgan fingerprint density at radius 2 is 1.84 bits per heavy atom. The monoisotopic (exact) mass is 502 g/mol. The minimum Gasteiger partial charge on any atom is -0.338 e. The van der Waals surface area contributed by atoms with Crippen LogP contribution >= 0.6 is 34.0 Å². The van der Waals surface area contributed by atoms with Crippen molar-refractivity contribution in [3.05, 3.63) is 36.7 Å². The molecule has 0 aliphatic carbocycles. The highest BCUT2D eigenvalue weighted by Gasteiger charge is 2.36. The zero-order valence-electron chi connectivity index (χ0n) is 16.9. The Balaban J connectivity index is 1.35. The van der Waals surface area contributed by atoms with Gasteiger partial charge in [0.25, 0.3) is 11.8 Å². The van der Waals surface area contributed by atoms with Crippen molar-refractivity contribution < 1.29 is 22.8 Å². The topological polar surface area (TPSA) is 101 Å². The van der Waals surface area contributed by atoms with Crippen molar-refractivity contribution in [1.29, 1.82) is 0 Å². The molecule has 170 valence electrons. The molecule has 1 saturated heterocycles. The predicted molar refractivity (Wildman–Crippen MR) is 114 cm³/mol. The second kappa shape index (κ2) is 8.83. The Hall–Kier alpha value is -2.45. The van der Waals surface area contributed by atoms with E-state index in [1.807, 2.05) is 18.7 Å². The molecule has 0 saturated carbocycles. The molecule has 0 bridgehead atoms. The van der Waals surface area contributed by atoms with Crippen LogP contribution in [0.15, 0.2) is 5.38 Å². The van der Waals surface area contributed by atoms with Gasteiger partial charge in [-0.05, 0) is 26.7 Å². The van der Waals surface area contributed by atoms with Crippen LogP contribution in [0.5, 0.6) is 0 Å². The van der Waals surface area contributed by atoms with Gasteiger partial charge < -0.3 is 4.90 Å². The number of thiazole rings is 2. The molecule has 1 aliphatic heterocycles. The van der Waals surface area contributed by atoms with Gasteiger partial charge in [-0.3, -0.25) is 14.9 Å². The summed E-state index contributed by atoms with van der Waals surface area (Å²) >= 11 is 2.97. The SMILES string of the molecule is Cc1nc(C)c(C(=O)N2CCC(c3nc(C(=O)Nc4nnc(C(F)(F)F)s4)cs3)CC2)s1. The Morgan fingerprint density at radius 3 is 2.44 bits per heavy atom. The number of aromatic nitrogens is 4. The fourth-order valence-corrected chi connectivity index (χ4v) is 5.80. The molecule has 2 amide bonds. The molecule has 14 heteroatoms. The Kier molecular flexibility index (Phi) is 6.27. The molecule has 0 atom stereocenters. The molecule has 1 N–H and O–H groups in total. The summed E-state index contributed by atoms with van der Waals surface area (Å²) in [4.78, 5) is 36.2. The summed E-state index contributed by atoms with van der Waals surface area (Å²) < 4.78 is 37.9. The number of alkyl halides is 3. The number of likely N-dealkylation sites (tertiary alicyclic amines) is 1. The van der Waals surface area contributed by atoms with Gasteiger partial charge in [0.05, 0.1) is 15.7 Å². The van der Waals surface area contributed by atoms with Gasteiger partial charge in [-0.1, -0.05) is 11.3 Å². The number of amides is 2. The molecule has 0 aromatic carbocycles. The van der Waals surface area contributed by atoms with Crippen LogP contribution in [-0.4, -0.2) is 50.0 Å². The average molecular weight is 503 g/mol. The molecule has 4 rings (SSSR count). The molecular formula is C18H17F3N6O2S3. The molecule has 8 nitrogen and oxygen atoms in total. The largest absolute Gasteiger partial charge is 0.445 e. The molecule has 32 heavy (non-hydrogen) atoms. The quantitative estimate of drug-likeness (QED) is 0.569. The van der Waals surface area contributed by atoms with E-state index < -0.39 is 17.1 Å². The van der Waals surface area contributed by atoms with Gasteiger partial charge in [0, 0.05) is 24.4 Å². The van der Waals surface area contributed by atoms with E-state index in [-0.39, 0.29) is 34.0 Å². The molecule has 3 aromatic heterocycles. The van der Waals surface area contributed by atoms with Gasteiger partial charge in [-0.2, -0.15) is 13.2 Å². The van der Waals surface area contributed by atoms with Crippen molar-refractivity contribution in [3.63, 3.8) is 0 Å². The number of piperidine rings is 1. The van der Waals surface area contributed by atoms with Gasteiger partial charge in [0.1, 0.15) is 10.6 Å². The average Bonchev–Trinajstić information content (AvgIpc) is 3.47. The normalized spacial score (nSPS) is 15.2. The summed E-state index contributed by atoms with van der Waals surface area (Å²) in [5.74, 6) is -0.546. The number of hydrogen-bond acceptors (Lipinski definition) is 9. The van der Waals surface area contributed by atoms with E-state index in [2.05, 4.69) is 25.5 Å². The van der Waals surface area contributed by atoms with E-state index >= 15 is 0 Å². The minimum atomic E-state index is -4.61. The van der Waals surface area contributed by atoms with Gasteiger partial charge >= 0.3 is 6.18 Å².